The molecule has 5 nitrogen and oxygen atoms in total. The number of rotatable bonds is 6. The van der Waals surface area contributed by atoms with Crippen LogP contribution in [0.25, 0.3) is 0 Å². The number of hydrogen-bond acceptors (Lipinski definition) is 4. The van der Waals surface area contributed by atoms with Gasteiger partial charge in [0, 0.05) is 29.8 Å². The Morgan fingerprint density at radius 2 is 2.25 bits per heavy atom. The molecule has 0 aliphatic rings. The second-order valence-electron chi connectivity index (χ2n) is 4.14. The zero-order chi connectivity index (χ0) is 14.5. The van der Waals surface area contributed by atoms with E-state index in [2.05, 4.69) is 5.10 Å². The molecule has 2 rings (SSSR count). The molecule has 20 heavy (non-hydrogen) atoms. The fraction of sp³-hybridized carbons (Fsp3) is 0.286. The number of ether oxygens (including phenoxy) is 1. The Balaban J connectivity index is 2.25. The summed E-state index contributed by atoms with van der Waals surface area (Å²) in [7, 11) is 1.80. The Morgan fingerprint density at radius 3 is 2.85 bits per heavy atom. The molecule has 0 spiro atoms. The molecule has 1 heterocycles. The van der Waals surface area contributed by atoms with Gasteiger partial charge in [0.1, 0.15) is 6.61 Å². The molecule has 0 bridgehead atoms. The van der Waals surface area contributed by atoms with Gasteiger partial charge in [-0.3, -0.25) is 4.68 Å². The Kier molecular flexibility index (Phi) is 4.68. The van der Waals surface area contributed by atoms with Crippen LogP contribution >= 0.6 is 11.8 Å². The van der Waals surface area contributed by atoms with Crippen LogP contribution in [-0.4, -0.2) is 26.6 Å². The van der Waals surface area contributed by atoms with Gasteiger partial charge in [0.15, 0.2) is 0 Å². The van der Waals surface area contributed by atoms with Gasteiger partial charge < -0.3 is 9.84 Å². The molecule has 0 saturated heterocycles. The van der Waals surface area contributed by atoms with Gasteiger partial charge in [-0.15, -0.1) is 16.9 Å². The van der Waals surface area contributed by atoms with Crippen molar-refractivity contribution in [3.63, 3.8) is 0 Å². The lowest BCUT2D eigenvalue weighted by molar-refractivity contribution is 0.0693. The van der Waals surface area contributed by atoms with Crippen LogP contribution in [0.3, 0.4) is 0 Å². The van der Waals surface area contributed by atoms with Crippen molar-refractivity contribution >= 4 is 17.7 Å². The Bertz CT molecular complexity index is 610. The number of hydrogen-bond donors (Lipinski definition) is 1. The Labute approximate surface area is 121 Å². The maximum atomic E-state index is 11.3. The van der Waals surface area contributed by atoms with E-state index in [4.69, 9.17) is 4.74 Å². The van der Waals surface area contributed by atoms with E-state index in [1.165, 1.54) is 0 Å². The van der Waals surface area contributed by atoms with Gasteiger partial charge in [0.05, 0.1) is 5.56 Å². The number of carbonyl (C=O) groups is 1. The highest BCUT2D eigenvalue weighted by molar-refractivity contribution is 7.99. The molecule has 1 aromatic carbocycles. The van der Waals surface area contributed by atoms with Crippen molar-refractivity contribution in [2.45, 2.75) is 18.4 Å². The van der Waals surface area contributed by atoms with Gasteiger partial charge >= 0.3 is 5.97 Å². The van der Waals surface area contributed by atoms with E-state index >= 15 is 0 Å². The summed E-state index contributed by atoms with van der Waals surface area (Å²) in [6.07, 6.45) is 1.78. The molecular formula is C14H16N2O3S. The number of aryl methyl sites for hydroxylation is 1. The van der Waals surface area contributed by atoms with Gasteiger partial charge in [-0.05, 0) is 17.9 Å². The van der Waals surface area contributed by atoms with Crippen molar-refractivity contribution in [1.82, 2.24) is 9.78 Å². The zero-order valence-corrected chi connectivity index (χ0v) is 12.2. The largest absolute Gasteiger partial charge is 0.478 e. The highest BCUT2D eigenvalue weighted by Gasteiger charge is 2.15. The number of nitrogens with zero attached hydrogens (tertiary/aromatic N) is 2. The summed E-state index contributed by atoms with van der Waals surface area (Å²) in [5.41, 5.74) is 0.969. The Morgan fingerprint density at radius 1 is 1.45 bits per heavy atom. The summed E-state index contributed by atoms with van der Waals surface area (Å²) in [4.78, 5) is 12.2. The topological polar surface area (TPSA) is 64.3 Å². The molecule has 1 aromatic heterocycles. The smallest absolute Gasteiger partial charge is 0.336 e. The first-order chi connectivity index (χ1) is 9.61. The molecule has 0 atom stereocenters. The second kappa shape index (κ2) is 6.47. The van der Waals surface area contributed by atoms with E-state index in [9.17, 15) is 9.90 Å². The van der Waals surface area contributed by atoms with Gasteiger partial charge in [-0.2, -0.15) is 0 Å². The lowest BCUT2D eigenvalue weighted by atomic mass is 10.1. The van der Waals surface area contributed by atoms with Gasteiger partial charge in [0.25, 0.3) is 0 Å². The molecule has 0 unspecified atom stereocenters. The van der Waals surface area contributed by atoms with E-state index in [1.807, 2.05) is 13.0 Å². The van der Waals surface area contributed by atoms with Crippen LogP contribution in [-0.2, 0) is 13.7 Å². The van der Waals surface area contributed by atoms with E-state index in [-0.39, 0.29) is 12.2 Å². The summed E-state index contributed by atoms with van der Waals surface area (Å²) in [6.45, 7) is 2.23. The maximum absolute atomic E-state index is 11.3. The minimum absolute atomic E-state index is 0.196. The van der Waals surface area contributed by atoms with Crippen LogP contribution < -0.4 is 4.74 Å². The normalized spacial score (nSPS) is 10.5. The SMILES string of the molecule is CCSc1cccc(C(=O)O)c1COc1ccn(C)n1. The first-order valence-corrected chi connectivity index (χ1v) is 7.20. The standard InChI is InChI=1S/C14H16N2O3S/c1-3-20-12-6-4-5-10(14(17)18)11(12)9-19-13-7-8-16(2)15-13/h4-8H,3,9H2,1-2H3,(H,17,18). The number of aromatic carboxylic acids is 1. The molecule has 0 fully saturated rings. The second-order valence-corrected chi connectivity index (χ2v) is 5.44. The quantitative estimate of drug-likeness (QED) is 0.829. The van der Waals surface area contributed by atoms with Crippen molar-refractivity contribution in [2.24, 2.45) is 7.05 Å². The Hall–Kier alpha value is -1.95. The monoisotopic (exact) mass is 292 g/mol. The van der Waals surface area contributed by atoms with E-state index < -0.39 is 5.97 Å². The van der Waals surface area contributed by atoms with Gasteiger partial charge in [-0.1, -0.05) is 13.0 Å². The molecule has 0 aliphatic heterocycles. The third-order valence-corrected chi connectivity index (χ3v) is 3.70. The molecule has 0 amide bonds. The predicted molar refractivity (Wildman–Crippen MR) is 77.3 cm³/mol. The summed E-state index contributed by atoms with van der Waals surface area (Å²) in [5, 5.41) is 13.4. The number of aromatic nitrogens is 2. The minimum Gasteiger partial charge on any atom is -0.478 e. The predicted octanol–water partition coefficient (Wildman–Crippen LogP) is 2.81. The first kappa shape index (κ1) is 14.5. The lowest BCUT2D eigenvalue weighted by Gasteiger charge is -2.11. The van der Waals surface area contributed by atoms with E-state index in [1.54, 1.807) is 47.9 Å². The average molecular weight is 292 g/mol. The molecule has 1 N–H and O–H groups in total. The van der Waals surface area contributed by atoms with Gasteiger partial charge in [0.2, 0.25) is 5.88 Å². The highest BCUT2D eigenvalue weighted by Crippen LogP contribution is 2.26. The van der Waals surface area contributed by atoms with E-state index in [0.717, 1.165) is 10.6 Å². The summed E-state index contributed by atoms with van der Waals surface area (Å²) in [6, 6.07) is 7.01. The minimum atomic E-state index is -0.942. The van der Waals surface area contributed by atoms with Crippen LogP contribution in [0, 0.1) is 0 Å². The van der Waals surface area contributed by atoms with Crippen LogP contribution in [0.2, 0.25) is 0 Å². The molecule has 0 aliphatic carbocycles. The van der Waals surface area contributed by atoms with Crippen molar-refractivity contribution in [3.8, 4) is 5.88 Å². The number of carboxylic acid groups (broad SMARTS) is 1. The van der Waals surface area contributed by atoms with Crippen molar-refractivity contribution < 1.29 is 14.6 Å². The zero-order valence-electron chi connectivity index (χ0n) is 11.4. The third kappa shape index (κ3) is 3.33. The number of thioether (sulfide) groups is 1. The molecule has 2 aromatic rings. The molecule has 0 radical (unpaired) electrons. The molecular weight excluding hydrogens is 276 g/mol. The van der Waals surface area contributed by atoms with Crippen molar-refractivity contribution in [2.75, 3.05) is 5.75 Å². The first-order valence-electron chi connectivity index (χ1n) is 6.22. The third-order valence-electron chi connectivity index (χ3n) is 2.72. The van der Waals surface area contributed by atoms with E-state index in [0.29, 0.717) is 11.4 Å². The van der Waals surface area contributed by atoms with Crippen molar-refractivity contribution in [1.29, 1.82) is 0 Å². The number of carboxylic acids is 1. The van der Waals surface area contributed by atoms with Crippen LogP contribution in [0.5, 0.6) is 5.88 Å². The average Bonchev–Trinajstić information content (AvgIpc) is 2.83. The molecule has 6 heteroatoms. The van der Waals surface area contributed by atoms with Crippen LogP contribution in [0.15, 0.2) is 35.4 Å². The lowest BCUT2D eigenvalue weighted by Crippen LogP contribution is -2.07. The summed E-state index contributed by atoms with van der Waals surface area (Å²) >= 11 is 1.60. The van der Waals surface area contributed by atoms with Crippen LogP contribution in [0.4, 0.5) is 0 Å². The maximum Gasteiger partial charge on any atom is 0.336 e. The summed E-state index contributed by atoms with van der Waals surface area (Å²) in [5.74, 6) is 0.419. The van der Waals surface area contributed by atoms with Crippen LogP contribution in [0.1, 0.15) is 22.8 Å². The number of benzene rings is 1. The highest BCUT2D eigenvalue weighted by atomic mass is 32.2. The fourth-order valence-electron chi connectivity index (χ4n) is 1.82. The fourth-order valence-corrected chi connectivity index (χ4v) is 2.65. The van der Waals surface area contributed by atoms with Gasteiger partial charge in [-0.25, -0.2) is 4.79 Å². The molecule has 106 valence electrons. The molecule has 0 saturated carbocycles. The van der Waals surface area contributed by atoms with Crippen molar-refractivity contribution in [3.05, 3.63) is 41.6 Å². The summed E-state index contributed by atoms with van der Waals surface area (Å²) < 4.78 is 7.22.